The van der Waals surface area contributed by atoms with E-state index in [0.29, 0.717) is 5.02 Å². The summed E-state index contributed by atoms with van der Waals surface area (Å²) in [6.07, 6.45) is 0. The molecule has 0 bridgehead atoms. The molecule has 0 saturated carbocycles. The summed E-state index contributed by atoms with van der Waals surface area (Å²) < 4.78 is -0.647. The van der Waals surface area contributed by atoms with E-state index < -0.39 is 3.78 Å². The van der Waals surface area contributed by atoms with Crippen LogP contribution in [0.3, 0.4) is 0 Å². The summed E-state index contributed by atoms with van der Waals surface area (Å²) in [5, 5.41) is 0.667. The highest BCUT2D eigenvalue weighted by molar-refractivity contribution is 9.12. The van der Waals surface area contributed by atoms with E-state index in [2.05, 4.69) is 31.9 Å². The SMILES string of the molecule is CC(Br)C(Cl)(Br)c1ccccc1Cl. The van der Waals surface area contributed by atoms with Gasteiger partial charge < -0.3 is 0 Å². The molecule has 1 aromatic carbocycles. The van der Waals surface area contributed by atoms with Gasteiger partial charge >= 0.3 is 0 Å². The van der Waals surface area contributed by atoms with Crippen molar-refractivity contribution in [2.75, 3.05) is 0 Å². The third kappa shape index (κ3) is 2.62. The number of halogens is 4. The van der Waals surface area contributed by atoms with E-state index in [-0.39, 0.29) is 4.83 Å². The maximum absolute atomic E-state index is 6.29. The molecule has 0 fully saturated rings. The van der Waals surface area contributed by atoms with E-state index in [1.54, 1.807) is 0 Å². The molecule has 0 aromatic heterocycles. The first kappa shape index (κ1) is 11.8. The predicted molar refractivity (Wildman–Crippen MR) is 66.3 cm³/mol. The Balaban J connectivity index is 3.14. The lowest BCUT2D eigenvalue weighted by atomic mass is 10.1. The zero-order valence-corrected chi connectivity index (χ0v) is 11.6. The Kier molecular flexibility index (Phi) is 4.11. The van der Waals surface area contributed by atoms with Gasteiger partial charge in [-0.25, -0.2) is 0 Å². The van der Waals surface area contributed by atoms with Gasteiger partial charge in [0.2, 0.25) is 0 Å². The van der Waals surface area contributed by atoms with Gasteiger partial charge in [0.25, 0.3) is 0 Å². The Morgan fingerprint density at radius 2 is 1.92 bits per heavy atom. The first-order valence-corrected chi connectivity index (χ1v) is 6.19. The molecule has 0 radical (unpaired) electrons. The van der Waals surface area contributed by atoms with Crippen LogP contribution < -0.4 is 0 Å². The molecule has 1 rings (SSSR count). The van der Waals surface area contributed by atoms with E-state index in [0.717, 1.165) is 5.56 Å². The molecule has 2 unspecified atom stereocenters. The van der Waals surface area contributed by atoms with E-state index in [9.17, 15) is 0 Å². The van der Waals surface area contributed by atoms with Crippen LogP contribution in [0.25, 0.3) is 0 Å². The average Bonchev–Trinajstić information content (AvgIpc) is 2.04. The first-order chi connectivity index (χ1) is 5.96. The lowest BCUT2D eigenvalue weighted by Crippen LogP contribution is -2.20. The number of hydrogen-bond donors (Lipinski definition) is 0. The van der Waals surface area contributed by atoms with Gasteiger partial charge in [0.05, 0.1) is 0 Å². The van der Waals surface area contributed by atoms with Crippen molar-refractivity contribution in [3.05, 3.63) is 34.9 Å². The summed E-state index contributed by atoms with van der Waals surface area (Å²) in [5.74, 6) is 0. The number of alkyl halides is 3. The van der Waals surface area contributed by atoms with E-state index in [1.165, 1.54) is 0 Å². The lowest BCUT2D eigenvalue weighted by Gasteiger charge is -2.24. The fourth-order valence-corrected chi connectivity index (χ4v) is 2.15. The highest BCUT2D eigenvalue weighted by atomic mass is 79.9. The van der Waals surface area contributed by atoms with Crippen molar-refractivity contribution in [2.45, 2.75) is 15.5 Å². The summed E-state index contributed by atoms with van der Waals surface area (Å²) in [4.78, 5) is 0.0848. The minimum absolute atomic E-state index is 0.0848. The zero-order chi connectivity index (χ0) is 10.1. The topological polar surface area (TPSA) is 0 Å². The smallest absolute Gasteiger partial charge is 0.100 e. The molecule has 0 aliphatic rings. The van der Waals surface area contributed by atoms with Crippen LogP contribution >= 0.6 is 55.1 Å². The third-order valence-electron chi connectivity index (χ3n) is 1.73. The van der Waals surface area contributed by atoms with Gasteiger partial charge in [0.1, 0.15) is 3.78 Å². The van der Waals surface area contributed by atoms with Crippen LogP contribution in [0.2, 0.25) is 5.02 Å². The van der Waals surface area contributed by atoms with Crippen LogP contribution in [0.4, 0.5) is 0 Å². The van der Waals surface area contributed by atoms with Gasteiger partial charge in [0, 0.05) is 15.4 Å². The van der Waals surface area contributed by atoms with Crippen molar-refractivity contribution in [3.63, 3.8) is 0 Å². The Morgan fingerprint density at radius 1 is 1.38 bits per heavy atom. The molecular weight excluding hydrogens is 339 g/mol. The predicted octanol–water partition coefficient (Wildman–Crippen LogP) is 4.91. The number of hydrogen-bond acceptors (Lipinski definition) is 0. The van der Waals surface area contributed by atoms with Crippen molar-refractivity contribution >= 4 is 55.1 Å². The fourth-order valence-electron chi connectivity index (χ4n) is 0.946. The van der Waals surface area contributed by atoms with Crippen LogP contribution in [0, 0.1) is 0 Å². The van der Waals surface area contributed by atoms with Gasteiger partial charge in [0.15, 0.2) is 0 Å². The molecule has 0 aliphatic carbocycles. The summed E-state index contributed by atoms with van der Waals surface area (Å²) in [6.45, 7) is 1.96. The van der Waals surface area contributed by atoms with E-state index in [1.807, 2.05) is 31.2 Å². The summed E-state index contributed by atoms with van der Waals surface area (Å²) in [7, 11) is 0. The normalized spacial score (nSPS) is 17.9. The second-order valence-electron chi connectivity index (χ2n) is 2.72. The Hall–Kier alpha value is 0.760. The van der Waals surface area contributed by atoms with Gasteiger partial charge in [-0.15, -0.1) is 11.6 Å². The van der Waals surface area contributed by atoms with E-state index in [4.69, 9.17) is 23.2 Å². The highest BCUT2D eigenvalue weighted by Crippen LogP contribution is 2.45. The first-order valence-electron chi connectivity index (χ1n) is 3.73. The summed E-state index contributed by atoms with van der Waals surface area (Å²) in [6, 6.07) is 7.52. The minimum atomic E-state index is -0.647. The quantitative estimate of drug-likeness (QED) is 0.667. The molecule has 4 heteroatoms. The molecule has 0 aliphatic heterocycles. The van der Waals surface area contributed by atoms with Crippen LogP contribution in [0.1, 0.15) is 12.5 Å². The number of benzene rings is 1. The van der Waals surface area contributed by atoms with Crippen LogP contribution in [-0.2, 0) is 3.78 Å². The largest absolute Gasteiger partial charge is 0.138 e. The van der Waals surface area contributed by atoms with Crippen molar-refractivity contribution < 1.29 is 0 Å². The van der Waals surface area contributed by atoms with Crippen LogP contribution in [0.5, 0.6) is 0 Å². The molecule has 0 heterocycles. The van der Waals surface area contributed by atoms with Crippen LogP contribution in [-0.4, -0.2) is 4.83 Å². The van der Waals surface area contributed by atoms with Gasteiger partial charge in [-0.05, 0) is 13.0 Å². The Labute approximate surface area is 105 Å². The lowest BCUT2D eigenvalue weighted by molar-refractivity contribution is 0.869. The molecule has 0 spiro atoms. The fraction of sp³-hybridized carbons (Fsp3) is 0.333. The van der Waals surface area contributed by atoms with Gasteiger partial charge in [-0.1, -0.05) is 61.7 Å². The maximum Gasteiger partial charge on any atom is 0.138 e. The van der Waals surface area contributed by atoms with Crippen molar-refractivity contribution in [3.8, 4) is 0 Å². The zero-order valence-electron chi connectivity index (χ0n) is 6.90. The molecule has 13 heavy (non-hydrogen) atoms. The Morgan fingerprint density at radius 3 is 2.38 bits per heavy atom. The highest BCUT2D eigenvalue weighted by Gasteiger charge is 2.32. The Bertz CT molecular complexity index is 297. The molecule has 0 nitrogen and oxygen atoms in total. The second kappa shape index (κ2) is 4.52. The molecule has 1 aromatic rings. The van der Waals surface area contributed by atoms with Crippen molar-refractivity contribution in [1.82, 2.24) is 0 Å². The standard InChI is InChI=1S/C9H8Br2Cl2/c1-6(10)9(11,13)7-4-2-3-5-8(7)12/h2-6H,1H3. The summed E-state index contributed by atoms with van der Waals surface area (Å²) in [5.41, 5.74) is 0.878. The molecule has 0 amide bonds. The maximum atomic E-state index is 6.29. The minimum Gasteiger partial charge on any atom is -0.100 e. The van der Waals surface area contributed by atoms with Crippen LogP contribution in [0.15, 0.2) is 24.3 Å². The molecule has 2 atom stereocenters. The molecule has 72 valence electrons. The number of rotatable bonds is 2. The van der Waals surface area contributed by atoms with Gasteiger partial charge in [-0.3, -0.25) is 0 Å². The molecule has 0 saturated heterocycles. The molecule has 0 N–H and O–H groups in total. The molecular formula is C9H8Br2Cl2. The average molecular weight is 347 g/mol. The summed E-state index contributed by atoms with van der Waals surface area (Å²) >= 11 is 19.2. The van der Waals surface area contributed by atoms with Crippen molar-refractivity contribution in [2.24, 2.45) is 0 Å². The third-order valence-corrected chi connectivity index (χ3v) is 5.27. The van der Waals surface area contributed by atoms with E-state index >= 15 is 0 Å². The van der Waals surface area contributed by atoms with Gasteiger partial charge in [-0.2, -0.15) is 0 Å². The van der Waals surface area contributed by atoms with Crippen molar-refractivity contribution in [1.29, 1.82) is 0 Å². The monoisotopic (exact) mass is 344 g/mol. The second-order valence-corrected chi connectivity index (χ2v) is 6.80.